The van der Waals surface area contributed by atoms with E-state index < -0.39 is 29.0 Å². The van der Waals surface area contributed by atoms with Crippen LogP contribution >= 0.6 is 0 Å². The Morgan fingerprint density at radius 2 is 1.46 bits per heavy atom. The standard InChI is InChI=1S/C17H15F3N2O2/c1-2-9-21-16(23)10-3-5-11(6-4-10)17(24)22-13-8-7-12(18)14(19)15(13)20/h3-8H,2,9H2,1H3,(H,21,23)(H,22,24). The Hall–Kier alpha value is -2.83. The number of rotatable bonds is 5. The summed E-state index contributed by atoms with van der Waals surface area (Å²) < 4.78 is 39.5. The van der Waals surface area contributed by atoms with Gasteiger partial charge in [-0.1, -0.05) is 6.92 Å². The maximum atomic E-state index is 13.5. The Bertz CT molecular complexity index is 761. The first-order valence-electron chi connectivity index (χ1n) is 7.27. The monoisotopic (exact) mass is 336 g/mol. The minimum absolute atomic E-state index is 0.145. The minimum Gasteiger partial charge on any atom is -0.352 e. The average Bonchev–Trinajstić information content (AvgIpc) is 2.60. The molecule has 24 heavy (non-hydrogen) atoms. The Balaban J connectivity index is 2.11. The zero-order valence-electron chi connectivity index (χ0n) is 12.8. The van der Waals surface area contributed by atoms with Crippen molar-refractivity contribution < 1.29 is 22.8 Å². The summed E-state index contributed by atoms with van der Waals surface area (Å²) in [6.07, 6.45) is 0.798. The van der Waals surface area contributed by atoms with Crippen molar-refractivity contribution in [2.45, 2.75) is 13.3 Å². The Morgan fingerprint density at radius 3 is 2.04 bits per heavy atom. The summed E-state index contributed by atoms with van der Waals surface area (Å²) in [5, 5.41) is 4.85. The molecule has 0 aliphatic heterocycles. The lowest BCUT2D eigenvalue weighted by Crippen LogP contribution is -2.24. The molecule has 0 aromatic heterocycles. The minimum atomic E-state index is -1.66. The number of carbonyl (C=O) groups is 2. The van der Waals surface area contributed by atoms with Gasteiger partial charge in [-0.3, -0.25) is 9.59 Å². The molecule has 0 unspecified atom stereocenters. The van der Waals surface area contributed by atoms with Gasteiger partial charge in [0.2, 0.25) is 0 Å². The van der Waals surface area contributed by atoms with Crippen molar-refractivity contribution in [3.05, 3.63) is 65.0 Å². The number of carbonyl (C=O) groups excluding carboxylic acids is 2. The fourth-order valence-corrected chi connectivity index (χ4v) is 1.93. The van der Waals surface area contributed by atoms with Gasteiger partial charge in [0.05, 0.1) is 5.69 Å². The smallest absolute Gasteiger partial charge is 0.255 e. The molecular weight excluding hydrogens is 321 g/mol. The van der Waals surface area contributed by atoms with E-state index in [1.807, 2.05) is 6.92 Å². The maximum Gasteiger partial charge on any atom is 0.255 e. The number of hydrogen-bond acceptors (Lipinski definition) is 2. The van der Waals surface area contributed by atoms with E-state index in [1.54, 1.807) is 0 Å². The fourth-order valence-electron chi connectivity index (χ4n) is 1.93. The van der Waals surface area contributed by atoms with Crippen LogP contribution in [0.5, 0.6) is 0 Å². The van der Waals surface area contributed by atoms with E-state index in [4.69, 9.17) is 0 Å². The fraction of sp³-hybridized carbons (Fsp3) is 0.176. The van der Waals surface area contributed by atoms with Gasteiger partial charge in [0, 0.05) is 17.7 Å². The van der Waals surface area contributed by atoms with E-state index in [1.165, 1.54) is 24.3 Å². The molecule has 0 aliphatic rings. The topological polar surface area (TPSA) is 58.2 Å². The van der Waals surface area contributed by atoms with Gasteiger partial charge < -0.3 is 10.6 Å². The zero-order valence-corrected chi connectivity index (χ0v) is 12.8. The lowest BCUT2D eigenvalue weighted by Gasteiger charge is -2.08. The van der Waals surface area contributed by atoms with Gasteiger partial charge in [-0.25, -0.2) is 13.2 Å². The van der Waals surface area contributed by atoms with Crippen LogP contribution in [0.3, 0.4) is 0 Å². The Labute approximate surface area is 136 Å². The van der Waals surface area contributed by atoms with E-state index in [2.05, 4.69) is 10.6 Å². The molecule has 2 rings (SSSR count). The van der Waals surface area contributed by atoms with E-state index in [-0.39, 0.29) is 11.5 Å². The van der Waals surface area contributed by atoms with Crippen LogP contribution in [-0.4, -0.2) is 18.4 Å². The van der Waals surface area contributed by atoms with E-state index >= 15 is 0 Å². The molecule has 2 aromatic carbocycles. The number of benzene rings is 2. The Morgan fingerprint density at radius 1 is 0.875 bits per heavy atom. The molecule has 0 spiro atoms. The summed E-state index contributed by atoms with van der Waals surface area (Å²) in [4.78, 5) is 23.8. The highest BCUT2D eigenvalue weighted by atomic mass is 19.2. The number of halogens is 3. The van der Waals surface area contributed by atoms with Crippen molar-refractivity contribution in [2.24, 2.45) is 0 Å². The molecule has 0 atom stereocenters. The van der Waals surface area contributed by atoms with Gasteiger partial charge >= 0.3 is 0 Å². The first-order chi connectivity index (χ1) is 11.4. The summed E-state index contributed by atoms with van der Waals surface area (Å²) in [6.45, 7) is 2.46. The van der Waals surface area contributed by atoms with Crippen LogP contribution in [0.15, 0.2) is 36.4 Å². The number of anilines is 1. The molecule has 0 aliphatic carbocycles. The second-order valence-electron chi connectivity index (χ2n) is 5.01. The van der Waals surface area contributed by atoms with Crippen molar-refractivity contribution in [3.8, 4) is 0 Å². The van der Waals surface area contributed by atoms with Gasteiger partial charge in [0.15, 0.2) is 17.5 Å². The molecule has 7 heteroatoms. The quantitative estimate of drug-likeness (QED) is 0.821. The molecule has 0 bridgehead atoms. The highest BCUT2D eigenvalue weighted by Gasteiger charge is 2.16. The van der Waals surface area contributed by atoms with Crippen molar-refractivity contribution in [1.82, 2.24) is 5.32 Å². The third-order valence-corrected chi connectivity index (χ3v) is 3.23. The zero-order chi connectivity index (χ0) is 17.7. The molecule has 2 amide bonds. The van der Waals surface area contributed by atoms with Gasteiger partial charge in [-0.05, 0) is 42.8 Å². The van der Waals surface area contributed by atoms with Crippen molar-refractivity contribution in [3.63, 3.8) is 0 Å². The predicted octanol–water partition coefficient (Wildman–Crippen LogP) is 3.50. The number of hydrogen-bond donors (Lipinski definition) is 2. The summed E-state index contributed by atoms with van der Waals surface area (Å²) in [5.74, 6) is -5.45. The Kier molecular flexibility index (Phi) is 5.57. The lowest BCUT2D eigenvalue weighted by molar-refractivity contribution is 0.0951. The van der Waals surface area contributed by atoms with E-state index in [0.29, 0.717) is 12.1 Å². The van der Waals surface area contributed by atoms with Crippen LogP contribution in [0, 0.1) is 17.5 Å². The SMILES string of the molecule is CCCNC(=O)c1ccc(C(=O)Nc2ccc(F)c(F)c2F)cc1. The first kappa shape index (κ1) is 17.5. The second kappa shape index (κ2) is 7.63. The molecule has 0 fully saturated rings. The highest BCUT2D eigenvalue weighted by Crippen LogP contribution is 2.20. The van der Waals surface area contributed by atoms with Gasteiger partial charge in [-0.15, -0.1) is 0 Å². The van der Waals surface area contributed by atoms with Crippen LogP contribution < -0.4 is 10.6 Å². The summed E-state index contributed by atoms with van der Waals surface area (Å²) >= 11 is 0. The van der Waals surface area contributed by atoms with Crippen molar-refractivity contribution >= 4 is 17.5 Å². The van der Waals surface area contributed by atoms with Crippen LogP contribution in [0.1, 0.15) is 34.1 Å². The van der Waals surface area contributed by atoms with Crippen LogP contribution in [0.4, 0.5) is 18.9 Å². The molecule has 0 saturated heterocycles. The lowest BCUT2D eigenvalue weighted by atomic mass is 10.1. The molecule has 2 aromatic rings. The third-order valence-electron chi connectivity index (χ3n) is 3.23. The van der Waals surface area contributed by atoms with E-state index in [9.17, 15) is 22.8 Å². The van der Waals surface area contributed by atoms with Gasteiger partial charge in [0.1, 0.15) is 0 Å². The summed E-state index contributed by atoms with van der Waals surface area (Å²) in [6, 6.07) is 7.30. The largest absolute Gasteiger partial charge is 0.352 e. The summed E-state index contributed by atoms with van der Waals surface area (Å²) in [7, 11) is 0. The summed E-state index contributed by atoms with van der Waals surface area (Å²) in [5.41, 5.74) is 0.0499. The maximum absolute atomic E-state index is 13.5. The second-order valence-corrected chi connectivity index (χ2v) is 5.01. The predicted molar refractivity (Wildman–Crippen MR) is 83.3 cm³/mol. The number of amides is 2. The molecule has 2 N–H and O–H groups in total. The molecule has 0 saturated carbocycles. The molecule has 0 radical (unpaired) electrons. The molecule has 4 nitrogen and oxygen atoms in total. The van der Waals surface area contributed by atoms with Crippen molar-refractivity contribution in [2.75, 3.05) is 11.9 Å². The first-order valence-corrected chi connectivity index (χ1v) is 7.27. The van der Waals surface area contributed by atoms with Gasteiger partial charge in [0.25, 0.3) is 11.8 Å². The molecular formula is C17H15F3N2O2. The average molecular weight is 336 g/mol. The van der Waals surface area contributed by atoms with E-state index in [0.717, 1.165) is 18.6 Å². The van der Waals surface area contributed by atoms with Crippen molar-refractivity contribution in [1.29, 1.82) is 0 Å². The molecule has 126 valence electrons. The highest BCUT2D eigenvalue weighted by molar-refractivity contribution is 6.05. The van der Waals surface area contributed by atoms with Crippen LogP contribution in [-0.2, 0) is 0 Å². The van der Waals surface area contributed by atoms with Crippen LogP contribution in [0.25, 0.3) is 0 Å². The number of nitrogens with one attached hydrogen (secondary N) is 2. The third kappa shape index (κ3) is 3.92. The molecule has 0 heterocycles. The van der Waals surface area contributed by atoms with Crippen LogP contribution in [0.2, 0.25) is 0 Å². The normalized spacial score (nSPS) is 10.3. The van der Waals surface area contributed by atoms with Gasteiger partial charge in [-0.2, -0.15) is 0 Å².